The first kappa shape index (κ1) is 11.9. The standard InChI is InChI=1S/C12H15FO2S/c1-8-6-9(13)2-3-10(8)12(14)11-7-16-5-4-15-11/h2-3,6,11-12,14H,4-5,7H2,1H3. The van der Waals surface area contributed by atoms with Crippen molar-refractivity contribution >= 4 is 11.8 Å². The number of ether oxygens (including phenoxy) is 1. The maximum absolute atomic E-state index is 12.9. The van der Waals surface area contributed by atoms with Crippen LogP contribution in [-0.2, 0) is 4.74 Å². The minimum atomic E-state index is -0.659. The smallest absolute Gasteiger partial charge is 0.123 e. The Bertz CT molecular complexity index is 364. The fourth-order valence-electron chi connectivity index (χ4n) is 1.86. The molecule has 2 unspecified atom stereocenters. The summed E-state index contributed by atoms with van der Waals surface area (Å²) in [7, 11) is 0. The number of benzene rings is 1. The second-order valence-electron chi connectivity index (χ2n) is 3.93. The molecule has 1 aromatic rings. The first-order valence-corrected chi connectivity index (χ1v) is 6.47. The molecule has 16 heavy (non-hydrogen) atoms. The molecule has 88 valence electrons. The second-order valence-corrected chi connectivity index (χ2v) is 5.08. The molecule has 0 aromatic heterocycles. The molecular weight excluding hydrogens is 227 g/mol. The van der Waals surface area contributed by atoms with Crippen molar-refractivity contribution in [3.05, 3.63) is 35.1 Å². The second kappa shape index (κ2) is 5.17. The first-order valence-electron chi connectivity index (χ1n) is 5.32. The summed E-state index contributed by atoms with van der Waals surface area (Å²) in [5, 5.41) is 10.2. The van der Waals surface area contributed by atoms with Gasteiger partial charge in [0, 0.05) is 11.5 Å². The Hall–Kier alpha value is -0.580. The Labute approximate surface area is 98.8 Å². The molecule has 0 bridgehead atoms. The number of hydrogen-bond donors (Lipinski definition) is 1. The summed E-state index contributed by atoms with van der Waals surface area (Å²) in [5.74, 6) is 1.50. The lowest BCUT2D eigenvalue weighted by Crippen LogP contribution is -2.30. The first-order chi connectivity index (χ1) is 7.68. The lowest BCUT2D eigenvalue weighted by Gasteiger charge is -2.27. The topological polar surface area (TPSA) is 29.5 Å². The van der Waals surface area contributed by atoms with Crippen molar-refractivity contribution in [2.75, 3.05) is 18.1 Å². The van der Waals surface area contributed by atoms with E-state index in [1.807, 2.05) is 0 Å². The molecular formula is C12H15FO2S. The van der Waals surface area contributed by atoms with Crippen LogP contribution in [0.4, 0.5) is 4.39 Å². The van der Waals surface area contributed by atoms with Gasteiger partial charge >= 0.3 is 0 Å². The van der Waals surface area contributed by atoms with E-state index in [9.17, 15) is 9.50 Å². The van der Waals surface area contributed by atoms with E-state index in [1.165, 1.54) is 12.1 Å². The number of aryl methyl sites for hydroxylation is 1. The van der Waals surface area contributed by atoms with Crippen molar-refractivity contribution in [1.82, 2.24) is 0 Å². The molecule has 1 aliphatic rings. The fraction of sp³-hybridized carbons (Fsp3) is 0.500. The maximum Gasteiger partial charge on any atom is 0.123 e. The van der Waals surface area contributed by atoms with Crippen molar-refractivity contribution in [2.24, 2.45) is 0 Å². The monoisotopic (exact) mass is 242 g/mol. The summed E-state index contributed by atoms with van der Waals surface area (Å²) in [4.78, 5) is 0. The van der Waals surface area contributed by atoms with Crippen LogP contribution in [-0.4, -0.2) is 29.3 Å². The van der Waals surface area contributed by atoms with E-state index >= 15 is 0 Å². The van der Waals surface area contributed by atoms with Gasteiger partial charge in [0.15, 0.2) is 0 Å². The zero-order chi connectivity index (χ0) is 11.5. The average Bonchev–Trinajstić information content (AvgIpc) is 2.29. The summed E-state index contributed by atoms with van der Waals surface area (Å²) < 4.78 is 18.5. The highest BCUT2D eigenvalue weighted by molar-refractivity contribution is 7.99. The lowest BCUT2D eigenvalue weighted by atomic mass is 10.00. The lowest BCUT2D eigenvalue weighted by molar-refractivity contribution is -0.0230. The number of thioether (sulfide) groups is 1. The van der Waals surface area contributed by atoms with E-state index in [2.05, 4.69) is 0 Å². The van der Waals surface area contributed by atoms with Gasteiger partial charge in [0.25, 0.3) is 0 Å². The van der Waals surface area contributed by atoms with Gasteiger partial charge in [-0.2, -0.15) is 11.8 Å². The molecule has 0 radical (unpaired) electrons. The van der Waals surface area contributed by atoms with Crippen LogP contribution in [0, 0.1) is 12.7 Å². The van der Waals surface area contributed by atoms with Crippen LogP contribution in [0.25, 0.3) is 0 Å². The largest absolute Gasteiger partial charge is 0.386 e. The van der Waals surface area contributed by atoms with Gasteiger partial charge in [-0.25, -0.2) is 4.39 Å². The average molecular weight is 242 g/mol. The number of hydrogen-bond acceptors (Lipinski definition) is 3. The van der Waals surface area contributed by atoms with E-state index in [0.717, 1.165) is 22.6 Å². The molecule has 2 rings (SSSR count). The van der Waals surface area contributed by atoms with Gasteiger partial charge in [-0.05, 0) is 30.2 Å². The Morgan fingerprint density at radius 1 is 1.56 bits per heavy atom. The van der Waals surface area contributed by atoms with Crippen LogP contribution in [0.15, 0.2) is 18.2 Å². The molecule has 1 fully saturated rings. The molecule has 1 N–H and O–H groups in total. The number of rotatable bonds is 2. The van der Waals surface area contributed by atoms with Crippen LogP contribution in [0.3, 0.4) is 0 Å². The molecule has 2 nitrogen and oxygen atoms in total. The van der Waals surface area contributed by atoms with Crippen LogP contribution in [0.1, 0.15) is 17.2 Å². The van der Waals surface area contributed by atoms with Crippen LogP contribution >= 0.6 is 11.8 Å². The quantitative estimate of drug-likeness (QED) is 0.863. The Morgan fingerprint density at radius 3 is 3.00 bits per heavy atom. The van der Waals surface area contributed by atoms with Crippen LogP contribution in [0.2, 0.25) is 0 Å². The summed E-state index contributed by atoms with van der Waals surface area (Å²) in [5.41, 5.74) is 1.53. The molecule has 0 saturated carbocycles. The third-order valence-electron chi connectivity index (χ3n) is 2.74. The predicted octanol–water partition coefficient (Wildman–Crippen LogP) is 2.30. The normalized spacial score (nSPS) is 23.1. The minimum absolute atomic E-state index is 0.178. The van der Waals surface area contributed by atoms with Gasteiger partial charge in [0.2, 0.25) is 0 Å². The molecule has 0 aliphatic carbocycles. The van der Waals surface area contributed by atoms with Crippen molar-refractivity contribution in [2.45, 2.75) is 19.1 Å². The molecule has 2 atom stereocenters. The zero-order valence-corrected chi connectivity index (χ0v) is 9.97. The predicted molar refractivity (Wildman–Crippen MR) is 63.2 cm³/mol. The Kier molecular flexibility index (Phi) is 3.84. The third kappa shape index (κ3) is 2.56. The van der Waals surface area contributed by atoms with Crippen molar-refractivity contribution in [1.29, 1.82) is 0 Å². The maximum atomic E-state index is 12.9. The van der Waals surface area contributed by atoms with Gasteiger partial charge in [-0.15, -0.1) is 0 Å². The Morgan fingerprint density at radius 2 is 2.38 bits per heavy atom. The molecule has 0 spiro atoms. The van der Waals surface area contributed by atoms with Gasteiger partial charge in [0.05, 0.1) is 12.7 Å². The van der Waals surface area contributed by atoms with Gasteiger partial charge < -0.3 is 9.84 Å². The van der Waals surface area contributed by atoms with Gasteiger partial charge in [-0.1, -0.05) is 6.07 Å². The SMILES string of the molecule is Cc1cc(F)ccc1C(O)C1CSCCO1. The highest BCUT2D eigenvalue weighted by Crippen LogP contribution is 2.27. The third-order valence-corrected chi connectivity index (χ3v) is 3.76. The van der Waals surface area contributed by atoms with E-state index in [1.54, 1.807) is 24.8 Å². The molecule has 1 heterocycles. The van der Waals surface area contributed by atoms with Crippen LogP contribution < -0.4 is 0 Å². The van der Waals surface area contributed by atoms with Crippen molar-refractivity contribution < 1.29 is 14.2 Å². The summed E-state index contributed by atoms with van der Waals surface area (Å²) in [6.45, 7) is 2.48. The fourth-order valence-corrected chi connectivity index (χ4v) is 2.75. The van der Waals surface area contributed by atoms with E-state index in [-0.39, 0.29) is 11.9 Å². The molecule has 1 saturated heterocycles. The summed E-state index contributed by atoms with van der Waals surface area (Å²) in [6.07, 6.45) is -0.837. The molecule has 1 aliphatic heterocycles. The van der Waals surface area contributed by atoms with Crippen LogP contribution in [0.5, 0.6) is 0 Å². The van der Waals surface area contributed by atoms with Gasteiger partial charge in [-0.3, -0.25) is 0 Å². The summed E-state index contributed by atoms with van der Waals surface area (Å²) >= 11 is 1.78. The highest BCUT2D eigenvalue weighted by atomic mass is 32.2. The van der Waals surface area contributed by atoms with E-state index < -0.39 is 6.10 Å². The number of aliphatic hydroxyl groups excluding tert-OH is 1. The summed E-state index contributed by atoms with van der Waals surface area (Å²) in [6, 6.07) is 4.45. The zero-order valence-electron chi connectivity index (χ0n) is 9.15. The minimum Gasteiger partial charge on any atom is -0.386 e. The van der Waals surface area contributed by atoms with Crippen molar-refractivity contribution in [3.63, 3.8) is 0 Å². The Balaban J connectivity index is 2.15. The van der Waals surface area contributed by atoms with E-state index in [0.29, 0.717) is 6.61 Å². The van der Waals surface area contributed by atoms with Crippen molar-refractivity contribution in [3.8, 4) is 0 Å². The highest BCUT2D eigenvalue weighted by Gasteiger charge is 2.25. The number of halogens is 1. The molecule has 1 aromatic carbocycles. The van der Waals surface area contributed by atoms with E-state index in [4.69, 9.17) is 4.74 Å². The number of aliphatic hydroxyl groups is 1. The van der Waals surface area contributed by atoms with Gasteiger partial charge in [0.1, 0.15) is 11.9 Å². The molecule has 0 amide bonds. The molecule has 4 heteroatoms.